The number of thiophene rings is 1. The van der Waals surface area contributed by atoms with Crippen molar-refractivity contribution in [3.63, 3.8) is 0 Å². The van der Waals surface area contributed by atoms with Crippen molar-refractivity contribution in [2.45, 2.75) is 64.2 Å². The lowest BCUT2D eigenvalue weighted by atomic mass is 9.88. The van der Waals surface area contributed by atoms with E-state index in [2.05, 4.69) is 5.32 Å². The fourth-order valence-corrected chi connectivity index (χ4v) is 6.34. The van der Waals surface area contributed by atoms with Gasteiger partial charge in [-0.1, -0.05) is 19.3 Å². The maximum absolute atomic E-state index is 12.8. The van der Waals surface area contributed by atoms with Crippen LogP contribution in [0.25, 0.3) is 0 Å². The molecule has 0 aliphatic heterocycles. The summed E-state index contributed by atoms with van der Waals surface area (Å²) >= 11 is 1.59. The molecule has 3 atom stereocenters. The van der Waals surface area contributed by atoms with Gasteiger partial charge in [0.25, 0.3) is 5.91 Å². The zero-order chi connectivity index (χ0) is 16.7. The van der Waals surface area contributed by atoms with Gasteiger partial charge in [-0.15, -0.1) is 11.3 Å². The fourth-order valence-electron chi connectivity index (χ4n) is 5.04. The standard InChI is InChI=1S/C19H26N2O2S/c20-17(22)16-13-5-3-1-2-4-6-15(13)24-19(16)21-18(23)14-10-11-7-8-12(14)9-11/h11-12,14H,1-10H2,(H2,20,22)(H,21,23). The number of hydrogen-bond donors (Lipinski definition) is 2. The van der Waals surface area contributed by atoms with Gasteiger partial charge < -0.3 is 11.1 Å². The Morgan fingerprint density at radius 1 is 1.04 bits per heavy atom. The Bertz CT molecular complexity index is 667. The number of fused-ring (bicyclic) bond motifs is 3. The molecule has 3 aliphatic rings. The van der Waals surface area contributed by atoms with Gasteiger partial charge in [-0.25, -0.2) is 0 Å². The molecule has 0 radical (unpaired) electrons. The number of aryl methyl sites for hydroxylation is 1. The van der Waals surface area contributed by atoms with Crippen molar-refractivity contribution in [2.24, 2.45) is 23.5 Å². The number of primary amides is 1. The average Bonchev–Trinajstić information content (AvgIpc) is 3.21. The van der Waals surface area contributed by atoms with Crippen LogP contribution in [0.5, 0.6) is 0 Å². The normalized spacial score (nSPS) is 28.9. The van der Waals surface area contributed by atoms with Crippen LogP contribution in [-0.2, 0) is 17.6 Å². The SMILES string of the molecule is NC(=O)c1c(NC(=O)C2CC3CCC2C3)sc2c1CCCCCC2. The van der Waals surface area contributed by atoms with E-state index in [9.17, 15) is 9.59 Å². The third kappa shape index (κ3) is 2.87. The monoisotopic (exact) mass is 346 g/mol. The van der Waals surface area contributed by atoms with Gasteiger partial charge in [0, 0.05) is 10.8 Å². The Balaban J connectivity index is 1.59. The van der Waals surface area contributed by atoms with Gasteiger partial charge in [0.1, 0.15) is 5.00 Å². The van der Waals surface area contributed by atoms with E-state index in [0.29, 0.717) is 16.5 Å². The number of hydrogen-bond acceptors (Lipinski definition) is 3. The van der Waals surface area contributed by atoms with Crippen molar-refractivity contribution in [2.75, 3.05) is 5.32 Å². The summed E-state index contributed by atoms with van der Waals surface area (Å²) in [6, 6.07) is 0. The summed E-state index contributed by atoms with van der Waals surface area (Å²) in [5, 5.41) is 3.81. The minimum Gasteiger partial charge on any atom is -0.365 e. The molecule has 1 aromatic rings. The second-order valence-corrected chi connectivity index (χ2v) is 8.86. The molecule has 5 heteroatoms. The summed E-state index contributed by atoms with van der Waals surface area (Å²) in [4.78, 5) is 26.1. The molecule has 2 bridgehead atoms. The van der Waals surface area contributed by atoms with Crippen LogP contribution in [-0.4, -0.2) is 11.8 Å². The molecule has 2 fully saturated rings. The number of nitrogens with two attached hydrogens (primary N) is 1. The molecular formula is C19H26N2O2S. The number of nitrogens with one attached hydrogen (secondary N) is 1. The highest BCUT2D eigenvalue weighted by molar-refractivity contribution is 7.17. The quantitative estimate of drug-likeness (QED) is 0.872. The molecule has 2 saturated carbocycles. The Kier molecular flexibility index (Phi) is 4.37. The van der Waals surface area contributed by atoms with Crippen LogP contribution in [0, 0.1) is 17.8 Å². The molecule has 130 valence electrons. The molecule has 1 heterocycles. The van der Waals surface area contributed by atoms with Gasteiger partial charge in [-0.3, -0.25) is 9.59 Å². The summed E-state index contributed by atoms with van der Waals surface area (Å²) in [7, 11) is 0. The van der Waals surface area contributed by atoms with Crippen LogP contribution in [0.15, 0.2) is 0 Å². The summed E-state index contributed by atoms with van der Waals surface area (Å²) in [5.74, 6) is 1.14. The zero-order valence-electron chi connectivity index (χ0n) is 14.1. The first-order chi connectivity index (χ1) is 11.6. The number of rotatable bonds is 3. The van der Waals surface area contributed by atoms with E-state index in [1.165, 1.54) is 37.0 Å². The first-order valence-electron chi connectivity index (χ1n) is 9.38. The van der Waals surface area contributed by atoms with Crippen LogP contribution in [0.3, 0.4) is 0 Å². The van der Waals surface area contributed by atoms with Crippen LogP contribution in [0.2, 0.25) is 0 Å². The molecule has 0 aromatic carbocycles. The second kappa shape index (κ2) is 6.51. The maximum Gasteiger partial charge on any atom is 0.251 e. The summed E-state index contributed by atoms with van der Waals surface area (Å²) in [6.07, 6.45) is 11.3. The lowest BCUT2D eigenvalue weighted by Crippen LogP contribution is -2.28. The zero-order valence-corrected chi connectivity index (χ0v) is 14.9. The van der Waals surface area contributed by atoms with Crippen molar-refractivity contribution >= 4 is 28.2 Å². The lowest BCUT2D eigenvalue weighted by molar-refractivity contribution is -0.121. The molecule has 0 spiro atoms. The first-order valence-corrected chi connectivity index (χ1v) is 10.2. The summed E-state index contributed by atoms with van der Waals surface area (Å²) in [6.45, 7) is 0. The van der Waals surface area contributed by atoms with Gasteiger partial charge in [0.2, 0.25) is 5.91 Å². The van der Waals surface area contributed by atoms with Crippen molar-refractivity contribution in [3.8, 4) is 0 Å². The van der Waals surface area contributed by atoms with Gasteiger partial charge in [0.05, 0.1) is 5.56 Å². The maximum atomic E-state index is 12.8. The largest absolute Gasteiger partial charge is 0.365 e. The molecule has 1 aromatic heterocycles. The molecule has 3 N–H and O–H groups in total. The molecule has 4 rings (SSSR count). The summed E-state index contributed by atoms with van der Waals surface area (Å²) < 4.78 is 0. The lowest BCUT2D eigenvalue weighted by Gasteiger charge is -2.20. The van der Waals surface area contributed by atoms with Gasteiger partial charge in [-0.05, 0) is 62.3 Å². The molecule has 0 saturated heterocycles. The van der Waals surface area contributed by atoms with E-state index in [-0.39, 0.29) is 11.8 Å². The Labute approximate surface area is 147 Å². The van der Waals surface area contributed by atoms with Crippen molar-refractivity contribution in [1.82, 2.24) is 0 Å². The molecule has 3 aliphatic carbocycles. The van der Waals surface area contributed by atoms with Crippen molar-refractivity contribution in [1.29, 1.82) is 0 Å². The predicted molar refractivity (Wildman–Crippen MR) is 96.3 cm³/mol. The molecule has 3 unspecified atom stereocenters. The van der Waals surface area contributed by atoms with Gasteiger partial charge in [0.15, 0.2) is 0 Å². The number of anilines is 1. The highest BCUT2D eigenvalue weighted by atomic mass is 32.1. The van der Waals surface area contributed by atoms with E-state index in [0.717, 1.165) is 43.6 Å². The second-order valence-electron chi connectivity index (χ2n) is 7.76. The van der Waals surface area contributed by atoms with Gasteiger partial charge in [-0.2, -0.15) is 0 Å². The van der Waals surface area contributed by atoms with Crippen LogP contribution in [0.4, 0.5) is 5.00 Å². The summed E-state index contributed by atoms with van der Waals surface area (Å²) in [5.41, 5.74) is 7.38. The third-order valence-electron chi connectivity index (χ3n) is 6.23. The molecule has 4 nitrogen and oxygen atoms in total. The predicted octanol–water partition coefficient (Wildman–Crippen LogP) is 3.88. The Morgan fingerprint density at radius 3 is 2.50 bits per heavy atom. The van der Waals surface area contributed by atoms with E-state index in [4.69, 9.17) is 5.73 Å². The first kappa shape index (κ1) is 16.1. The average molecular weight is 346 g/mol. The number of carbonyl (C=O) groups excluding carboxylic acids is 2. The van der Waals surface area contributed by atoms with Crippen molar-refractivity contribution in [3.05, 3.63) is 16.0 Å². The van der Waals surface area contributed by atoms with Gasteiger partial charge >= 0.3 is 0 Å². The van der Waals surface area contributed by atoms with Crippen LogP contribution < -0.4 is 11.1 Å². The molecular weight excluding hydrogens is 320 g/mol. The highest BCUT2D eigenvalue weighted by Crippen LogP contribution is 2.49. The van der Waals surface area contributed by atoms with E-state index >= 15 is 0 Å². The van der Waals surface area contributed by atoms with Crippen molar-refractivity contribution < 1.29 is 9.59 Å². The number of amides is 2. The molecule has 2 amide bonds. The minimum absolute atomic E-state index is 0.110. The third-order valence-corrected chi connectivity index (χ3v) is 7.44. The highest BCUT2D eigenvalue weighted by Gasteiger charge is 2.43. The topological polar surface area (TPSA) is 72.2 Å². The Hall–Kier alpha value is -1.36. The Morgan fingerprint density at radius 2 is 1.83 bits per heavy atom. The van der Waals surface area contributed by atoms with E-state index in [1.807, 2.05) is 0 Å². The van der Waals surface area contributed by atoms with E-state index < -0.39 is 5.91 Å². The van der Waals surface area contributed by atoms with Crippen LogP contribution in [0.1, 0.15) is 72.2 Å². The van der Waals surface area contributed by atoms with Crippen LogP contribution >= 0.6 is 11.3 Å². The fraction of sp³-hybridized carbons (Fsp3) is 0.684. The van der Waals surface area contributed by atoms with E-state index in [1.54, 1.807) is 11.3 Å². The smallest absolute Gasteiger partial charge is 0.251 e. The number of carbonyl (C=O) groups is 2. The molecule has 24 heavy (non-hydrogen) atoms. The minimum atomic E-state index is -0.392.